The number of hydrogen-bond acceptors (Lipinski definition) is 4. The summed E-state index contributed by atoms with van der Waals surface area (Å²) >= 11 is 7.37. The Hall–Kier alpha value is -1.83. The zero-order valence-corrected chi connectivity index (χ0v) is 17.6. The van der Waals surface area contributed by atoms with Gasteiger partial charge in [0.2, 0.25) is 0 Å². The molecule has 2 heterocycles. The van der Waals surface area contributed by atoms with E-state index in [0.29, 0.717) is 10.2 Å². The maximum atomic E-state index is 12.6. The van der Waals surface area contributed by atoms with Gasteiger partial charge in [-0.25, -0.2) is 8.42 Å². The maximum Gasteiger partial charge on any atom is 0.252 e. The Morgan fingerprint density at radius 2 is 1.96 bits per heavy atom. The summed E-state index contributed by atoms with van der Waals surface area (Å²) in [6.07, 6.45) is 0.216. The number of carbonyl (C=O) groups is 1. The number of hydrogen-bond donors (Lipinski definition) is 0. The predicted octanol–water partition coefficient (Wildman–Crippen LogP) is 3.49. The highest BCUT2D eigenvalue weighted by Crippen LogP contribution is 2.41. The predicted molar refractivity (Wildman–Crippen MR) is 115 cm³/mol. The van der Waals surface area contributed by atoms with Crippen molar-refractivity contribution in [1.29, 1.82) is 0 Å². The standard InChI is InChI=1S/C20H19ClN2O3S2/c1-13-3-2-4-14(9-13)10-19(24)22-20-23(16-7-5-15(21)6-8-16)17-11-28(25,26)12-18(17)27-20/h2-9,17-18H,10-12H2,1H3. The minimum atomic E-state index is -3.09. The van der Waals surface area contributed by atoms with Gasteiger partial charge in [0.1, 0.15) is 0 Å². The molecule has 2 saturated heterocycles. The molecule has 28 heavy (non-hydrogen) atoms. The SMILES string of the molecule is Cc1cccc(CC(=O)N=C2SC3CS(=O)(=O)CC3N2c2ccc(Cl)cc2)c1. The number of amides is 1. The Morgan fingerprint density at radius 3 is 2.68 bits per heavy atom. The van der Waals surface area contributed by atoms with Gasteiger partial charge in [-0.3, -0.25) is 4.79 Å². The maximum absolute atomic E-state index is 12.6. The Kier molecular flexibility index (Phi) is 5.24. The highest BCUT2D eigenvalue weighted by atomic mass is 35.5. The van der Waals surface area contributed by atoms with Crippen LogP contribution in [0.3, 0.4) is 0 Å². The molecule has 8 heteroatoms. The molecule has 2 aliphatic rings. The Labute approximate surface area is 173 Å². The lowest BCUT2D eigenvalue weighted by atomic mass is 10.1. The molecule has 2 aromatic rings. The third kappa shape index (κ3) is 4.11. The van der Waals surface area contributed by atoms with E-state index >= 15 is 0 Å². The molecule has 2 fully saturated rings. The monoisotopic (exact) mass is 434 g/mol. The first kappa shape index (κ1) is 19.5. The van der Waals surface area contributed by atoms with Crippen molar-refractivity contribution in [3.8, 4) is 0 Å². The van der Waals surface area contributed by atoms with Gasteiger partial charge in [0.15, 0.2) is 15.0 Å². The second kappa shape index (κ2) is 7.54. The summed E-state index contributed by atoms with van der Waals surface area (Å²) in [4.78, 5) is 18.8. The number of carbonyl (C=O) groups excluding carboxylic acids is 1. The number of halogens is 1. The summed E-state index contributed by atoms with van der Waals surface area (Å²) in [5.74, 6) is -0.0644. The Balaban J connectivity index is 1.63. The first-order chi connectivity index (χ1) is 13.3. The Bertz CT molecular complexity index is 1050. The number of thioether (sulfide) groups is 1. The van der Waals surface area contributed by atoms with E-state index in [0.717, 1.165) is 16.8 Å². The molecule has 0 aliphatic carbocycles. The van der Waals surface area contributed by atoms with Crippen molar-refractivity contribution >= 4 is 50.0 Å². The zero-order chi connectivity index (χ0) is 19.9. The normalized spacial score (nSPS) is 24.5. The highest BCUT2D eigenvalue weighted by molar-refractivity contribution is 8.16. The lowest BCUT2D eigenvalue weighted by Crippen LogP contribution is -2.37. The van der Waals surface area contributed by atoms with Crippen LogP contribution in [0, 0.1) is 6.92 Å². The van der Waals surface area contributed by atoms with Crippen LogP contribution >= 0.6 is 23.4 Å². The summed E-state index contributed by atoms with van der Waals surface area (Å²) in [5, 5.41) is 1.04. The molecule has 5 nitrogen and oxygen atoms in total. The number of aryl methyl sites for hydroxylation is 1. The molecular weight excluding hydrogens is 416 g/mol. The molecule has 0 bridgehead atoms. The summed E-state index contributed by atoms with van der Waals surface area (Å²) < 4.78 is 24.2. The molecule has 0 saturated carbocycles. The van der Waals surface area contributed by atoms with Crippen molar-refractivity contribution in [2.45, 2.75) is 24.6 Å². The van der Waals surface area contributed by atoms with Crippen LogP contribution in [-0.2, 0) is 21.1 Å². The third-order valence-electron chi connectivity index (χ3n) is 4.83. The first-order valence-electron chi connectivity index (χ1n) is 8.90. The van der Waals surface area contributed by atoms with Gasteiger partial charge in [0, 0.05) is 16.0 Å². The van der Waals surface area contributed by atoms with Crippen LogP contribution in [-0.4, -0.2) is 42.3 Å². The zero-order valence-electron chi connectivity index (χ0n) is 15.2. The van der Waals surface area contributed by atoms with Gasteiger partial charge in [-0.1, -0.05) is 53.2 Å². The highest BCUT2D eigenvalue weighted by Gasteiger charge is 2.49. The number of sulfone groups is 1. The summed E-state index contributed by atoms with van der Waals surface area (Å²) in [7, 11) is -3.09. The number of amidine groups is 1. The van der Waals surface area contributed by atoms with Crippen molar-refractivity contribution in [2.24, 2.45) is 4.99 Å². The van der Waals surface area contributed by atoms with Gasteiger partial charge in [-0.2, -0.15) is 4.99 Å². The smallest absolute Gasteiger partial charge is 0.252 e. The topological polar surface area (TPSA) is 66.8 Å². The van der Waals surface area contributed by atoms with Crippen molar-refractivity contribution in [3.63, 3.8) is 0 Å². The van der Waals surface area contributed by atoms with E-state index in [1.807, 2.05) is 48.2 Å². The number of anilines is 1. The minimum absolute atomic E-state index is 0.0678. The molecule has 146 valence electrons. The third-order valence-corrected chi connectivity index (χ3v) is 8.29. The van der Waals surface area contributed by atoms with Gasteiger partial charge in [-0.15, -0.1) is 0 Å². The van der Waals surface area contributed by atoms with Crippen molar-refractivity contribution in [2.75, 3.05) is 16.4 Å². The number of benzene rings is 2. The van der Waals surface area contributed by atoms with E-state index < -0.39 is 9.84 Å². The molecule has 1 amide bonds. The van der Waals surface area contributed by atoms with E-state index in [9.17, 15) is 13.2 Å². The second-order valence-corrected chi connectivity index (χ2v) is 10.9. The molecule has 2 unspecified atom stereocenters. The van der Waals surface area contributed by atoms with Crippen molar-refractivity contribution in [3.05, 3.63) is 64.7 Å². The van der Waals surface area contributed by atoms with Crippen LogP contribution in [0.5, 0.6) is 0 Å². The van der Waals surface area contributed by atoms with Crippen LogP contribution in [0.4, 0.5) is 5.69 Å². The molecule has 2 aromatic carbocycles. The van der Waals surface area contributed by atoms with Gasteiger partial charge in [0.25, 0.3) is 5.91 Å². The molecule has 4 rings (SSSR count). The lowest BCUT2D eigenvalue weighted by Gasteiger charge is -2.24. The molecule has 0 radical (unpaired) electrons. The fraction of sp³-hybridized carbons (Fsp3) is 0.300. The van der Waals surface area contributed by atoms with E-state index in [1.54, 1.807) is 12.1 Å². The molecule has 2 atom stereocenters. The van der Waals surface area contributed by atoms with E-state index in [4.69, 9.17) is 11.6 Å². The van der Waals surface area contributed by atoms with E-state index in [1.165, 1.54) is 11.8 Å². The van der Waals surface area contributed by atoms with Gasteiger partial charge in [0.05, 0.1) is 24.0 Å². The van der Waals surface area contributed by atoms with Gasteiger partial charge >= 0.3 is 0 Å². The molecule has 0 N–H and O–H groups in total. The van der Waals surface area contributed by atoms with Gasteiger partial charge in [-0.05, 0) is 36.8 Å². The van der Waals surface area contributed by atoms with E-state index in [-0.39, 0.29) is 35.1 Å². The van der Waals surface area contributed by atoms with Crippen LogP contribution < -0.4 is 4.90 Å². The van der Waals surface area contributed by atoms with Crippen molar-refractivity contribution in [1.82, 2.24) is 0 Å². The number of rotatable bonds is 3. The van der Waals surface area contributed by atoms with Crippen LogP contribution in [0.1, 0.15) is 11.1 Å². The fourth-order valence-corrected chi connectivity index (χ4v) is 7.67. The van der Waals surface area contributed by atoms with E-state index in [2.05, 4.69) is 4.99 Å². The molecule has 0 spiro atoms. The second-order valence-electron chi connectivity index (χ2n) is 7.10. The number of nitrogens with zero attached hydrogens (tertiary/aromatic N) is 2. The van der Waals surface area contributed by atoms with Crippen LogP contribution in [0.25, 0.3) is 0 Å². The van der Waals surface area contributed by atoms with Gasteiger partial charge < -0.3 is 4.90 Å². The lowest BCUT2D eigenvalue weighted by molar-refractivity contribution is -0.117. The van der Waals surface area contributed by atoms with Crippen LogP contribution in [0.15, 0.2) is 53.5 Å². The average molecular weight is 435 g/mol. The number of fused-ring (bicyclic) bond motifs is 1. The minimum Gasteiger partial charge on any atom is -0.316 e. The van der Waals surface area contributed by atoms with Crippen LogP contribution in [0.2, 0.25) is 5.02 Å². The molecule has 2 aliphatic heterocycles. The summed E-state index contributed by atoms with van der Waals surface area (Å²) in [6, 6.07) is 14.7. The number of aliphatic imine (C=N–C) groups is 1. The first-order valence-corrected chi connectivity index (χ1v) is 12.0. The summed E-state index contributed by atoms with van der Waals surface area (Å²) in [5.41, 5.74) is 2.80. The quantitative estimate of drug-likeness (QED) is 0.739. The summed E-state index contributed by atoms with van der Waals surface area (Å²) in [6.45, 7) is 1.98. The molecular formula is C20H19ClN2O3S2. The Morgan fingerprint density at radius 1 is 1.21 bits per heavy atom. The van der Waals surface area contributed by atoms with Crippen molar-refractivity contribution < 1.29 is 13.2 Å². The largest absolute Gasteiger partial charge is 0.316 e. The fourth-order valence-electron chi connectivity index (χ4n) is 3.61. The molecule has 0 aromatic heterocycles. The average Bonchev–Trinajstić information content (AvgIpc) is 3.06.